The van der Waals surface area contributed by atoms with Crippen LogP contribution in [-0.2, 0) is 0 Å². The van der Waals surface area contributed by atoms with Crippen LogP contribution in [0.4, 0.5) is 4.79 Å². The van der Waals surface area contributed by atoms with Gasteiger partial charge in [0.15, 0.2) is 0 Å². The van der Waals surface area contributed by atoms with Crippen molar-refractivity contribution in [2.75, 3.05) is 0 Å². The summed E-state index contributed by atoms with van der Waals surface area (Å²) >= 11 is 1.56. The second-order valence-corrected chi connectivity index (χ2v) is 3.10. The predicted molar refractivity (Wildman–Crippen MR) is 49.2 cm³/mol. The van der Waals surface area contributed by atoms with Crippen LogP contribution in [0.15, 0.2) is 22.6 Å². The van der Waals surface area contributed by atoms with E-state index in [1.807, 2.05) is 24.4 Å². The first-order chi connectivity index (χ1) is 5.70. The number of primary amides is 1. The van der Waals surface area contributed by atoms with E-state index in [1.165, 1.54) is 0 Å². The summed E-state index contributed by atoms with van der Waals surface area (Å²) in [4.78, 5) is 11.3. The minimum absolute atomic E-state index is 0.647. The first kappa shape index (κ1) is 8.73. The zero-order chi connectivity index (χ0) is 8.97. The summed E-state index contributed by atoms with van der Waals surface area (Å²) in [6.07, 6.45) is 0. The molecule has 0 fully saturated rings. The summed E-state index contributed by atoms with van der Waals surface area (Å²) < 4.78 is 0. The van der Waals surface area contributed by atoms with E-state index < -0.39 is 6.03 Å². The highest BCUT2D eigenvalue weighted by molar-refractivity contribution is 7.12. The number of nitrogens with zero attached hydrogens (tertiary/aromatic N) is 1. The van der Waals surface area contributed by atoms with Crippen molar-refractivity contribution in [3.63, 3.8) is 0 Å². The van der Waals surface area contributed by atoms with Crippen LogP contribution in [0, 0.1) is 0 Å². The lowest BCUT2D eigenvalue weighted by Crippen LogP contribution is -2.25. The molecule has 4 nitrogen and oxygen atoms in total. The molecule has 1 aromatic heterocycles. The Morgan fingerprint density at radius 3 is 3.00 bits per heavy atom. The molecule has 0 aliphatic heterocycles. The monoisotopic (exact) mass is 183 g/mol. The molecule has 0 aliphatic rings. The Balaban J connectivity index is 2.65. The number of carbonyl (C=O) groups excluding carboxylic acids is 1. The first-order valence-electron chi connectivity index (χ1n) is 3.34. The summed E-state index contributed by atoms with van der Waals surface area (Å²) in [5, 5.41) is 5.71. The zero-order valence-corrected chi connectivity index (χ0v) is 7.39. The highest BCUT2D eigenvalue weighted by Gasteiger charge is 1.97. The number of urea groups is 1. The fourth-order valence-corrected chi connectivity index (χ4v) is 1.36. The van der Waals surface area contributed by atoms with E-state index in [0.717, 1.165) is 10.6 Å². The van der Waals surface area contributed by atoms with Crippen LogP contribution in [0.1, 0.15) is 11.8 Å². The molecule has 0 spiro atoms. The van der Waals surface area contributed by atoms with E-state index in [0.29, 0.717) is 0 Å². The molecule has 0 bridgehead atoms. The lowest BCUT2D eigenvalue weighted by molar-refractivity contribution is 0.249. The molecule has 0 aromatic carbocycles. The summed E-state index contributed by atoms with van der Waals surface area (Å²) in [6.45, 7) is 1.81. The number of hydrogen-bond donors (Lipinski definition) is 2. The molecule has 3 N–H and O–H groups in total. The molecule has 1 heterocycles. The number of nitrogens with one attached hydrogen (secondary N) is 1. The predicted octanol–water partition coefficient (Wildman–Crippen LogP) is 1.14. The molecule has 1 aromatic rings. The van der Waals surface area contributed by atoms with Crippen molar-refractivity contribution in [1.82, 2.24) is 5.43 Å². The van der Waals surface area contributed by atoms with Crippen molar-refractivity contribution in [2.45, 2.75) is 6.92 Å². The van der Waals surface area contributed by atoms with Crippen LogP contribution in [-0.4, -0.2) is 11.7 Å². The van der Waals surface area contributed by atoms with Gasteiger partial charge in [0.05, 0.1) is 5.71 Å². The average molecular weight is 183 g/mol. The Bertz CT molecular complexity index is 292. The van der Waals surface area contributed by atoms with Crippen LogP contribution in [0.5, 0.6) is 0 Å². The number of carbonyl (C=O) groups is 1. The molecule has 0 aliphatic carbocycles. The lowest BCUT2D eigenvalue weighted by Gasteiger charge is -1.95. The van der Waals surface area contributed by atoms with E-state index in [1.54, 1.807) is 11.3 Å². The average Bonchev–Trinajstić information content (AvgIpc) is 2.51. The van der Waals surface area contributed by atoms with Crippen molar-refractivity contribution in [3.8, 4) is 0 Å². The Morgan fingerprint density at radius 1 is 1.75 bits per heavy atom. The van der Waals surface area contributed by atoms with Gasteiger partial charge in [-0.25, -0.2) is 10.2 Å². The van der Waals surface area contributed by atoms with Crippen molar-refractivity contribution in [2.24, 2.45) is 10.8 Å². The molecule has 12 heavy (non-hydrogen) atoms. The normalized spacial score (nSPS) is 11.2. The van der Waals surface area contributed by atoms with Gasteiger partial charge in [0, 0.05) is 4.88 Å². The van der Waals surface area contributed by atoms with Crippen LogP contribution >= 0.6 is 11.3 Å². The van der Waals surface area contributed by atoms with E-state index in [9.17, 15) is 4.79 Å². The molecule has 1 rings (SSSR count). The lowest BCUT2D eigenvalue weighted by atomic mass is 10.3. The molecular formula is C7H9N3OS. The van der Waals surface area contributed by atoms with Gasteiger partial charge in [-0.1, -0.05) is 6.07 Å². The molecule has 64 valence electrons. The van der Waals surface area contributed by atoms with Crippen LogP contribution in [0.2, 0.25) is 0 Å². The second kappa shape index (κ2) is 3.87. The van der Waals surface area contributed by atoms with Crippen molar-refractivity contribution >= 4 is 23.1 Å². The van der Waals surface area contributed by atoms with E-state index in [4.69, 9.17) is 5.73 Å². The van der Waals surface area contributed by atoms with Crippen molar-refractivity contribution in [3.05, 3.63) is 22.4 Å². The fourth-order valence-electron chi connectivity index (χ4n) is 0.678. The van der Waals surface area contributed by atoms with E-state index in [2.05, 4.69) is 10.5 Å². The first-order valence-corrected chi connectivity index (χ1v) is 4.21. The minimum atomic E-state index is -0.647. The molecular weight excluding hydrogens is 174 g/mol. The number of hydrogen-bond acceptors (Lipinski definition) is 3. The highest BCUT2D eigenvalue weighted by Crippen LogP contribution is 2.08. The molecule has 5 heteroatoms. The van der Waals surface area contributed by atoms with Gasteiger partial charge in [-0.15, -0.1) is 11.3 Å². The number of hydrazone groups is 1. The number of amides is 2. The Labute approximate surface area is 74.1 Å². The number of nitrogens with two attached hydrogens (primary N) is 1. The molecule has 0 atom stereocenters. The van der Waals surface area contributed by atoms with Gasteiger partial charge in [0.2, 0.25) is 0 Å². The summed E-state index contributed by atoms with van der Waals surface area (Å²) in [7, 11) is 0. The van der Waals surface area contributed by atoms with Crippen molar-refractivity contribution < 1.29 is 4.79 Å². The third kappa shape index (κ3) is 2.35. The van der Waals surface area contributed by atoms with Gasteiger partial charge in [-0.2, -0.15) is 5.10 Å². The van der Waals surface area contributed by atoms with Crippen LogP contribution in [0.3, 0.4) is 0 Å². The van der Waals surface area contributed by atoms with Gasteiger partial charge < -0.3 is 5.73 Å². The van der Waals surface area contributed by atoms with Crippen LogP contribution in [0.25, 0.3) is 0 Å². The van der Waals surface area contributed by atoms with Gasteiger partial charge in [0.25, 0.3) is 0 Å². The Morgan fingerprint density at radius 2 is 2.50 bits per heavy atom. The quantitative estimate of drug-likeness (QED) is 0.524. The Hall–Kier alpha value is -1.36. The summed E-state index contributed by atoms with van der Waals surface area (Å²) in [6, 6.07) is 3.20. The van der Waals surface area contributed by atoms with Gasteiger partial charge >= 0.3 is 6.03 Å². The summed E-state index contributed by atoms with van der Waals surface area (Å²) in [5.41, 5.74) is 7.76. The van der Waals surface area contributed by atoms with E-state index in [-0.39, 0.29) is 0 Å². The molecule has 0 saturated carbocycles. The SMILES string of the molecule is C/C(=N/NC(N)=O)c1cccs1. The maximum atomic E-state index is 10.3. The molecule has 0 unspecified atom stereocenters. The topological polar surface area (TPSA) is 67.5 Å². The van der Waals surface area contributed by atoms with Gasteiger partial charge in [-0.05, 0) is 18.4 Å². The second-order valence-electron chi connectivity index (χ2n) is 2.15. The number of thiophene rings is 1. The number of rotatable bonds is 2. The molecule has 0 saturated heterocycles. The fraction of sp³-hybridized carbons (Fsp3) is 0.143. The van der Waals surface area contributed by atoms with Gasteiger partial charge in [-0.3, -0.25) is 0 Å². The molecule has 2 amide bonds. The smallest absolute Gasteiger partial charge is 0.332 e. The van der Waals surface area contributed by atoms with Gasteiger partial charge in [0.1, 0.15) is 0 Å². The molecule has 0 radical (unpaired) electrons. The van der Waals surface area contributed by atoms with E-state index >= 15 is 0 Å². The zero-order valence-electron chi connectivity index (χ0n) is 6.57. The minimum Gasteiger partial charge on any atom is -0.350 e. The Kier molecular flexibility index (Phi) is 2.82. The van der Waals surface area contributed by atoms with Crippen LogP contribution < -0.4 is 11.2 Å². The maximum Gasteiger partial charge on any atom is 0.332 e. The maximum absolute atomic E-state index is 10.3. The third-order valence-corrected chi connectivity index (χ3v) is 2.19. The summed E-state index contributed by atoms with van der Waals surface area (Å²) in [5.74, 6) is 0. The highest BCUT2D eigenvalue weighted by atomic mass is 32.1. The van der Waals surface area contributed by atoms with Crippen molar-refractivity contribution in [1.29, 1.82) is 0 Å². The largest absolute Gasteiger partial charge is 0.350 e. The third-order valence-electron chi connectivity index (χ3n) is 1.21. The standard InChI is InChI=1S/C7H9N3OS/c1-5(9-10-7(8)11)6-3-2-4-12-6/h2-4H,1H3,(H3,8,10,11)/b9-5-.